The summed E-state index contributed by atoms with van der Waals surface area (Å²) in [5.74, 6) is 1.66. The molecular weight excluding hydrogens is 250 g/mol. The molecule has 3 atom stereocenters. The summed E-state index contributed by atoms with van der Waals surface area (Å²) in [6, 6.07) is 1.06. The maximum Gasteiger partial charge on any atom is 0.217 e. The molecule has 2 aliphatic rings. The second kappa shape index (κ2) is 7.41. The average molecular weight is 281 g/mol. The number of likely N-dealkylation sites (tertiary alicyclic amines) is 1. The number of rotatable bonds is 4. The highest BCUT2D eigenvalue weighted by atomic mass is 16.1. The van der Waals surface area contributed by atoms with Crippen molar-refractivity contribution < 1.29 is 4.79 Å². The van der Waals surface area contributed by atoms with Gasteiger partial charge in [0.15, 0.2) is 0 Å². The predicted molar refractivity (Wildman–Crippen MR) is 82.4 cm³/mol. The van der Waals surface area contributed by atoms with Crippen LogP contribution in [-0.2, 0) is 4.79 Å². The first-order valence-corrected chi connectivity index (χ1v) is 8.35. The van der Waals surface area contributed by atoms with E-state index in [-0.39, 0.29) is 5.91 Å². The molecule has 1 saturated carbocycles. The lowest BCUT2D eigenvalue weighted by atomic mass is 9.76. The Morgan fingerprint density at radius 2 is 1.95 bits per heavy atom. The summed E-state index contributed by atoms with van der Waals surface area (Å²) >= 11 is 0. The van der Waals surface area contributed by atoms with Gasteiger partial charge in [-0.15, -0.1) is 0 Å². The third-order valence-corrected chi connectivity index (χ3v) is 5.35. The van der Waals surface area contributed by atoms with Crippen molar-refractivity contribution in [1.29, 1.82) is 0 Å². The molecule has 1 saturated heterocycles. The Bertz CT molecular complexity index is 313. The Labute approximate surface area is 123 Å². The van der Waals surface area contributed by atoms with Crippen molar-refractivity contribution in [2.24, 2.45) is 17.6 Å². The summed E-state index contributed by atoms with van der Waals surface area (Å²) in [7, 11) is 0. The van der Waals surface area contributed by atoms with Crippen molar-refractivity contribution in [3.8, 4) is 0 Å². The first-order valence-electron chi connectivity index (χ1n) is 8.35. The van der Waals surface area contributed by atoms with Crippen LogP contribution in [0.1, 0.15) is 52.4 Å². The second-order valence-electron chi connectivity index (χ2n) is 6.66. The molecule has 0 aromatic heterocycles. The summed E-state index contributed by atoms with van der Waals surface area (Å²) in [6.45, 7) is 6.98. The molecule has 4 nitrogen and oxygen atoms in total. The van der Waals surface area contributed by atoms with Crippen LogP contribution in [0, 0.1) is 11.8 Å². The van der Waals surface area contributed by atoms with Gasteiger partial charge in [-0.1, -0.05) is 19.8 Å². The topological polar surface area (TPSA) is 58.4 Å². The van der Waals surface area contributed by atoms with Crippen molar-refractivity contribution >= 4 is 5.91 Å². The van der Waals surface area contributed by atoms with Gasteiger partial charge in [-0.2, -0.15) is 0 Å². The van der Waals surface area contributed by atoms with Crippen LogP contribution in [0.4, 0.5) is 0 Å². The van der Waals surface area contributed by atoms with Crippen molar-refractivity contribution in [1.82, 2.24) is 10.2 Å². The van der Waals surface area contributed by atoms with Gasteiger partial charge in [0.1, 0.15) is 0 Å². The Morgan fingerprint density at radius 1 is 1.25 bits per heavy atom. The fourth-order valence-electron chi connectivity index (χ4n) is 4.05. The lowest BCUT2D eigenvalue weighted by molar-refractivity contribution is -0.120. The van der Waals surface area contributed by atoms with E-state index in [4.69, 9.17) is 5.73 Å². The Kier molecular flexibility index (Phi) is 5.85. The molecule has 2 fully saturated rings. The molecule has 0 bridgehead atoms. The van der Waals surface area contributed by atoms with Crippen LogP contribution in [0.5, 0.6) is 0 Å². The first-order chi connectivity index (χ1) is 9.63. The highest BCUT2D eigenvalue weighted by Crippen LogP contribution is 2.34. The van der Waals surface area contributed by atoms with Crippen LogP contribution in [0.2, 0.25) is 0 Å². The summed E-state index contributed by atoms with van der Waals surface area (Å²) in [5, 5.41) is 3.06. The molecule has 3 unspecified atom stereocenters. The number of amides is 1. The molecule has 1 aliphatic heterocycles. The largest absolute Gasteiger partial charge is 0.354 e. The monoisotopic (exact) mass is 281 g/mol. The van der Waals surface area contributed by atoms with Gasteiger partial charge < -0.3 is 11.1 Å². The van der Waals surface area contributed by atoms with E-state index in [0.717, 1.165) is 38.4 Å². The van der Waals surface area contributed by atoms with Gasteiger partial charge >= 0.3 is 0 Å². The van der Waals surface area contributed by atoms with E-state index in [9.17, 15) is 4.79 Å². The summed E-state index contributed by atoms with van der Waals surface area (Å²) < 4.78 is 0. The number of carbonyl (C=O) groups excluding carboxylic acids is 1. The smallest absolute Gasteiger partial charge is 0.217 e. The van der Waals surface area contributed by atoms with Crippen LogP contribution in [-0.4, -0.2) is 42.5 Å². The number of piperidine rings is 1. The predicted octanol–water partition coefficient (Wildman–Crippen LogP) is 1.74. The molecular formula is C16H31N3O. The van der Waals surface area contributed by atoms with E-state index < -0.39 is 0 Å². The van der Waals surface area contributed by atoms with E-state index >= 15 is 0 Å². The first kappa shape index (κ1) is 15.8. The maximum absolute atomic E-state index is 11.1. The fraction of sp³-hybridized carbons (Fsp3) is 0.938. The SMILES string of the molecule is CCC1CCC(CN)C(N2CCC(NC(C)=O)CC2)C1. The summed E-state index contributed by atoms with van der Waals surface area (Å²) in [5.41, 5.74) is 6.00. The minimum absolute atomic E-state index is 0.104. The third-order valence-electron chi connectivity index (χ3n) is 5.35. The Balaban J connectivity index is 1.88. The molecule has 0 radical (unpaired) electrons. The molecule has 0 aromatic carbocycles. The van der Waals surface area contributed by atoms with E-state index in [0.29, 0.717) is 18.0 Å². The zero-order valence-electron chi connectivity index (χ0n) is 13.1. The zero-order valence-corrected chi connectivity index (χ0v) is 13.1. The van der Waals surface area contributed by atoms with Crippen LogP contribution in [0.25, 0.3) is 0 Å². The number of carbonyl (C=O) groups is 1. The molecule has 2 rings (SSSR count). The molecule has 4 heteroatoms. The van der Waals surface area contributed by atoms with E-state index in [2.05, 4.69) is 17.1 Å². The Hall–Kier alpha value is -0.610. The lowest BCUT2D eigenvalue weighted by Crippen LogP contribution is -2.52. The normalized spacial score (nSPS) is 33.0. The van der Waals surface area contributed by atoms with Gasteiger partial charge in [-0.05, 0) is 44.1 Å². The van der Waals surface area contributed by atoms with Gasteiger partial charge in [0.25, 0.3) is 0 Å². The number of nitrogens with two attached hydrogens (primary N) is 1. The molecule has 116 valence electrons. The van der Waals surface area contributed by atoms with E-state index in [1.165, 1.54) is 25.7 Å². The zero-order chi connectivity index (χ0) is 14.5. The molecule has 1 heterocycles. The fourth-order valence-corrected chi connectivity index (χ4v) is 4.05. The van der Waals surface area contributed by atoms with E-state index in [1.54, 1.807) is 6.92 Å². The molecule has 1 aliphatic carbocycles. The molecule has 0 spiro atoms. The molecule has 1 amide bonds. The van der Waals surface area contributed by atoms with Crippen LogP contribution in [0.15, 0.2) is 0 Å². The van der Waals surface area contributed by atoms with Gasteiger partial charge in [0, 0.05) is 32.1 Å². The molecule has 0 aromatic rings. The number of nitrogens with one attached hydrogen (secondary N) is 1. The standard InChI is InChI=1S/C16H31N3O/c1-3-13-4-5-14(11-17)16(10-13)19-8-6-15(7-9-19)18-12(2)20/h13-16H,3-11,17H2,1-2H3,(H,18,20). The third kappa shape index (κ3) is 3.95. The van der Waals surface area contributed by atoms with Crippen molar-refractivity contribution in [3.63, 3.8) is 0 Å². The van der Waals surface area contributed by atoms with Crippen LogP contribution >= 0.6 is 0 Å². The highest BCUT2D eigenvalue weighted by molar-refractivity contribution is 5.73. The summed E-state index contributed by atoms with van der Waals surface area (Å²) in [6.07, 6.45) is 7.45. The second-order valence-corrected chi connectivity index (χ2v) is 6.66. The highest BCUT2D eigenvalue weighted by Gasteiger charge is 2.34. The lowest BCUT2D eigenvalue weighted by Gasteiger charge is -2.45. The number of hydrogen-bond donors (Lipinski definition) is 2. The minimum Gasteiger partial charge on any atom is -0.354 e. The van der Waals surface area contributed by atoms with Gasteiger partial charge in [0.2, 0.25) is 5.91 Å². The average Bonchev–Trinajstić information content (AvgIpc) is 2.46. The quantitative estimate of drug-likeness (QED) is 0.825. The number of nitrogens with zero attached hydrogens (tertiary/aromatic N) is 1. The summed E-state index contributed by atoms with van der Waals surface area (Å²) in [4.78, 5) is 13.8. The maximum atomic E-state index is 11.1. The van der Waals surface area contributed by atoms with Crippen molar-refractivity contribution in [2.45, 2.75) is 64.5 Å². The minimum atomic E-state index is 0.104. The van der Waals surface area contributed by atoms with Crippen molar-refractivity contribution in [2.75, 3.05) is 19.6 Å². The Morgan fingerprint density at radius 3 is 2.50 bits per heavy atom. The van der Waals surface area contributed by atoms with Crippen molar-refractivity contribution in [3.05, 3.63) is 0 Å². The van der Waals surface area contributed by atoms with Gasteiger partial charge in [0.05, 0.1) is 0 Å². The van der Waals surface area contributed by atoms with Crippen LogP contribution in [0.3, 0.4) is 0 Å². The number of hydrogen-bond acceptors (Lipinski definition) is 3. The van der Waals surface area contributed by atoms with Crippen LogP contribution < -0.4 is 11.1 Å². The molecule has 3 N–H and O–H groups in total. The molecule has 20 heavy (non-hydrogen) atoms. The van der Waals surface area contributed by atoms with Gasteiger partial charge in [-0.3, -0.25) is 9.69 Å². The van der Waals surface area contributed by atoms with E-state index in [1.807, 2.05) is 0 Å². The van der Waals surface area contributed by atoms with Gasteiger partial charge in [-0.25, -0.2) is 0 Å².